The van der Waals surface area contributed by atoms with Gasteiger partial charge in [-0.2, -0.15) is 46.7 Å². The van der Waals surface area contributed by atoms with E-state index in [1.807, 2.05) is 99.9 Å². The zero-order valence-corrected chi connectivity index (χ0v) is 36.6. The van der Waals surface area contributed by atoms with Gasteiger partial charge < -0.3 is 31.1 Å². The lowest BCUT2D eigenvalue weighted by atomic mass is 10.1. The number of anilines is 10. The predicted octanol–water partition coefficient (Wildman–Crippen LogP) is 8.00. The number of nitrogens with zero attached hydrogens (tertiary/aromatic N) is 8. The number of hydrogen-bond acceptors (Lipinski definition) is 16. The van der Waals surface area contributed by atoms with Gasteiger partial charge in [0.05, 0.1) is 0 Å². The molecule has 6 rings (SSSR count). The van der Waals surface area contributed by atoms with Gasteiger partial charge in [0.15, 0.2) is 0 Å². The Morgan fingerprint density at radius 1 is 0.468 bits per heavy atom. The fourth-order valence-corrected chi connectivity index (χ4v) is 7.58. The van der Waals surface area contributed by atoms with Gasteiger partial charge in [0.25, 0.3) is 20.2 Å². The van der Waals surface area contributed by atoms with Gasteiger partial charge in [-0.05, 0) is 101 Å². The van der Waals surface area contributed by atoms with E-state index >= 15 is 0 Å². The topological polar surface area (TPSA) is 241 Å². The first-order valence-corrected chi connectivity index (χ1v) is 22.6. The molecule has 0 atom stereocenters. The van der Waals surface area contributed by atoms with Gasteiger partial charge in [-0.15, -0.1) is 0 Å². The summed E-state index contributed by atoms with van der Waals surface area (Å²) in [7, 11) is -9.65. The summed E-state index contributed by atoms with van der Waals surface area (Å²) in [5.41, 5.74) is 4.15. The van der Waals surface area contributed by atoms with E-state index in [0.717, 1.165) is 22.5 Å². The summed E-state index contributed by atoms with van der Waals surface area (Å²) < 4.78 is 71.5. The molecule has 0 amide bonds. The number of aromatic nitrogens is 6. The lowest BCUT2D eigenvalue weighted by Crippen LogP contribution is -2.25. The first-order valence-electron chi connectivity index (χ1n) is 19.7. The molecule has 0 fully saturated rings. The van der Waals surface area contributed by atoms with Crippen LogP contribution in [-0.2, 0) is 20.2 Å². The molecule has 0 unspecified atom stereocenters. The molecule has 62 heavy (non-hydrogen) atoms. The largest absolute Gasteiger partial charge is 0.341 e. The summed E-state index contributed by atoms with van der Waals surface area (Å²) in [6.45, 7) is 14.2. The van der Waals surface area contributed by atoms with E-state index in [1.165, 1.54) is 36.4 Å². The summed E-state index contributed by atoms with van der Waals surface area (Å²) in [6, 6.07) is 23.6. The van der Waals surface area contributed by atoms with Crippen LogP contribution in [0.3, 0.4) is 0 Å². The van der Waals surface area contributed by atoms with Crippen molar-refractivity contribution in [3.8, 4) is 0 Å². The first-order chi connectivity index (χ1) is 29.5. The normalized spacial score (nSPS) is 11.7. The van der Waals surface area contributed by atoms with E-state index in [4.69, 9.17) is 0 Å². The molecule has 0 saturated heterocycles. The molecule has 6 aromatic rings. The quantitative estimate of drug-likeness (QED) is 0.0354. The standard InChI is InChI=1S/C42H48N12O6S2/c1-7-53(8-2)41-49-37(43-31-19-11-27(5)12-20-31)47-39(51-41)45-33-23-17-29(35(25-33)61(55,56)57)15-16-30-18-24-34(26-36(30)62(58,59)60)46-40-48-38(44-32-21-13-28(6)14-22-32)50-42(52-40)54(9-3)10-4/h11-26H,7-10H2,1-6H3,(H,55,56,57)(H,58,59,60)(H2,43,45,47,49,51)(H2,44,46,48,50,52)/b16-15+. The van der Waals surface area contributed by atoms with Crippen LogP contribution in [0.1, 0.15) is 49.9 Å². The molecule has 4 aromatic carbocycles. The van der Waals surface area contributed by atoms with Crippen LogP contribution >= 0.6 is 0 Å². The highest BCUT2D eigenvalue weighted by Gasteiger charge is 2.20. The van der Waals surface area contributed by atoms with Crippen molar-refractivity contribution in [2.75, 3.05) is 57.2 Å². The van der Waals surface area contributed by atoms with Gasteiger partial charge in [-0.1, -0.05) is 59.7 Å². The molecule has 0 bridgehead atoms. The second-order valence-corrected chi connectivity index (χ2v) is 16.7. The molecule has 0 aliphatic heterocycles. The average molecular weight is 881 g/mol. The van der Waals surface area contributed by atoms with Crippen LogP contribution in [0.15, 0.2) is 94.7 Å². The molecule has 0 aliphatic rings. The minimum atomic E-state index is -4.82. The van der Waals surface area contributed by atoms with E-state index in [9.17, 15) is 25.9 Å². The molecule has 0 saturated carbocycles. The van der Waals surface area contributed by atoms with Crippen LogP contribution in [-0.4, -0.2) is 82.0 Å². The van der Waals surface area contributed by atoms with Crippen molar-refractivity contribution >= 4 is 90.8 Å². The molecule has 0 spiro atoms. The molecule has 18 nitrogen and oxygen atoms in total. The Balaban J connectivity index is 1.29. The monoisotopic (exact) mass is 880 g/mol. The van der Waals surface area contributed by atoms with Crippen molar-refractivity contribution in [1.29, 1.82) is 0 Å². The van der Waals surface area contributed by atoms with E-state index < -0.39 is 30.0 Å². The van der Waals surface area contributed by atoms with Crippen LogP contribution in [0, 0.1) is 13.8 Å². The second kappa shape index (κ2) is 19.3. The third-order valence-electron chi connectivity index (χ3n) is 9.49. The third kappa shape index (κ3) is 11.5. The van der Waals surface area contributed by atoms with Gasteiger partial charge in [-0.25, -0.2) is 0 Å². The zero-order chi connectivity index (χ0) is 44.6. The lowest BCUT2D eigenvalue weighted by Gasteiger charge is -2.20. The van der Waals surface area contributed by atoms with Crippen LogP contribution in [0.2, 0.25) is 0 Å². The van der Waals surface area contributed by atoms with Crippen molar-refractivity contribution in [3.63, 3.8) is 0 Å². The number of nitrogens with one attached hydrogen (secondary N) is 4. The molecule has 6 N–H and O–H groups in total. The van der Waals surface area contributed by atoms with Crippen molar-refractivity contribution in [2.45, 2.75) is 51.3 Å². The van der Waals surface area contributed by atoms with Crippen molar-refractivity contribution in [2.24, 2.45) is 0 Å². The van der Waals surface area contributed by atoms with Gasteiger partial charge in [0.1, 0.15) is 9.79 Å². The maximum atomic E-state index is 12.7. The Labute approximate surface area is 361 Å². The highest BCUT2D eigenvalue weighted by Crippen LogP contribution is 2.29. The summed E-state index contributed by atoms with van der Waals surface area (Å²) in [4.78, 5) is 30.1. The third-order valence-corrected chi connectivity index (χ3v) is 11.3. The fraction of sp³-hybridized carbons (Fsp3) is 0.238. The van der Waals surface area contributed by atoms with Crippen molar-refractivity contribution in [1.82, 2.24) is 29.9 Å². The maximum Gasteiger partial charge on any atom is 0.295 e. The van der Waals surface area contributed by atoms with E-state index in [-0.39, 0.29) is 46.3 Å². The minimum Gasteiger partial charge on any atom is -0.341 e. The van der Waals surface area contributed by atoms with Gasteiger partial charge >= 0.3 is 0 Å². The Kier molecular flexibility index (Phi) is 14.0. The summed E-state index contributed by atoms with van der Waals surface area (Å²) in [6.07, 6.45) is 2.61. The average Bonchev–Trinajstić information content (AvgIpc) is 3.22. The summed E-state index contributed by atoms with van der Waals surface area (Å²) >= 11 is 0. The molecule has 324 valence electrons. The van der Waals surface area contributed by atoms with Crippen LogP contribution in [0.5, 0.6) is 0 Å². The Hall–Kier alpha value is -6.74. The van der Waals surface area contributed by atoms with E-state index in [0.29, 0.717) is 38.1 Å². The lowest BCUT2D eigenvalue weighted by molar-refractivity contribution is 0.480. The summed E-state index contributed by atoms with van der Waals surface area (Å²) in [5.74, 6) is 1.46. The van der Waals surface area contributed by atoms with Crippen LogP contribution in [0.4, 0.5) is 58.4 Å². The van der Waals surface area contributed by atoms with Crippen molar-refractivity contribution < 1.29 is 25.9 Å². The number of benzene rings is 4. The molecular weight excluding hydrogens is 833 g/mol. The number of hydrogen-bond donors (Lipinski definition) is 6. The number of aryl methyl sites for hydroxylation is 2. The Morgan fingerprint density at radius 3 is 1.05 bits per heavy atom. The molecular formula is C42H48N12O6S2. The van der Waals surface area contributed by atoms with Gasteiger partial charge in [0.2, 0.25) is 35.7 Å². The van der Waals surface area contributed by atoms with Gasteiger partial charge in [-0.3, -0.25) is 9.11 Å². The number of rotatable bonds is 18. The second-order valence-electron chi connectivity index (χ2n) is 13.9. The zero-order valence-electron chi connectivity index (χ0n) is 35.0. The molecule has 2 aromatic heterocycles. The SMILES string of the molecule is CCN(CC)c1nc(Nc2ccc(C)cc2)nc(Nc2ccc(/C=C/c3ccc(Nc4nc(Nc5ccc(C)cc5)nc(N(CC)CC)n4)cc3S(=O)(=O)O)c(S(=O)(=O)O)c2)n1. The molecule has 2 heterocycles. The van der Waals surface area contributed by atoms with E-state index in [1.54, 1.807) is 12.1 Å². The van der Waals surface area contributed by atoms with Gasteiger partial charge in [0, 0.05) is 48.9 Å². The van der Waals surface area contributed by atoms with Crippen LogP contribution in [0.25, 0.3) is 12.2 Å². The van der Waals surface area contributed by atoms with Crippen LogP contribution < -0.4 is 31.1 Å². The maximum absolute atomic E-state index is 12.7. The predicted molar refractivity (Wildman–Crippen MR) is 244 cm³/mol. The minimum absolute atomic E-state index is 0.0190. The molecule has 0 aliphatic carbocycles. The summed E-state index contributed by atoms with van der Waals surface area (Å²) in [5, 5.41) is 12.4. The van der Waals surface area contributed by atoms with Crippen molar-refractivity contribution in [3.05, 3.63) is 107 Å². The molecule has 0 radical (unpaired) electrons. The first kappa shape index (κ1) is 44.8. The van der Waals surface area contributed by atoms with E-state index in [2.05, 4.69) is 51.2 Å². The Bertz CT molecular complexity index is 2590. The fourth-order valence-electron chi connectivity index (χ4n) is 6.17. The smallest absolute Gasteiger partial charge is 0.295 e. The highest BCUT2D eigenvalue weighted by atomic mass is 32.2. The molecule has 20 heteroatoms. The highest BCUT2D eigenvalue weighted by molar-refractivity contribution is 7.86. The Morgan fingerprint density at radius 2 is 0.758 bits per heavy atom.